The molecule has 0 aliphatic carbocycles. The Balaban J connectivity index is 2.16. The van der Waals surface area contributed by atoms with Crippen LogP contribution in [0, 0.1) is 12.8 Å². The van der Waals surface area contributed by atoms with Crippen molar-refractivity contribution in [3.63, 3.8) is 0 Å². The van der Waals surface area contributed by atoms with Gasteiger partial charge in [0, 0.05) is 31.4 Å². The molecule has 1 fully saturated rings. The van der Waals surface area contributed by atoms with Gasteiger partial charge in [-0.15, -0.1) is 0 Å². The first-order valence-electron chi connectivity index (χ1n) is 8.18. The Hall–Kier alpha value is -1.02. The maximum absolute atomic E-state index is 3.57. The van der Waals surface area contributed by atoms with Crippen LogP contribution in [0.1, 0.15) is 51.2 Å². The minimum absolute atomic E-state index is 0.535. The predicted octanol–water partition coefficient (Wildman–Crippen LogP) is 4.12. The van der Waals surface area contributed by atoms with Crippen molar-refractivity contribution in [3.8, 4) is 0 Å². The minimum atomic E-state index is 0.535. The van der Waals surface area contributed by atoms with Gasteiger partial charge in [-0.25, -0.2) is 0 Å². The zero-order chi connectivity index (χ0) is 14.5. The average Bonchev–Trinajstić information content (AvgIpc) is 2.45. The third-order valence-electron chi connectivity index (χ3n) is 4.37. The van der Waals surface area contributed by atoms with Gasteiger partial charge in [-0.3, -0.25) is 0 Å². The summed E-state index contributed by atoms with van der Waals surface area (Å²) in [5.41, 5.74) is 4.26. The number of piperidine rings is 1. The van der Waals surface area contributed by atoms with E-state index >= 15 is 0 Å². The lowest BCUT2D eigenvalue weighted by atomic mass is 9.94. The average molecular weight is 274 g/mol. The quantitative estimate of drug-likeness (QED) is 0.869. The second kappa shape index (κ2) is 7.12. The van der Waals surface area contributed by atoms with Crippen LogP contribution in [-0.2, 0) is 6.54 Å². The normalized spacial score (nSPS) is 19.6. The van der Waals surface area contributed by atoms with Crippen LogP contribution in [0.25, 0.3) is 0 Å². The zero-order valence-electron chi connectivity index (χ0n) is 13.6. The van der Waals surface area contributed by atoms with E-state index in [2.05, 4.69) is 56.1 Å². The lowest BCUT2D eigenvalue weighted by Crippen LogP contribution is -2.36. The monoisotopic (exact) mass is 274 g/mol. The van der Waals surface area contributed by atoms with Gasteiger partial charge in [0.05, 0.1) is 0 Å². The number of aryl methyl sites for hydroxylation is 1. The molecule has 1 aromatic carbocycles. The van der Waals surface area contributed by atoms with Crippen molar-refractivity contribution in [2.45, 2.75) is 59.5 Å². The number of hydrogen-bond acceptors (Lipinski definition) is 2. The third-order valence-corrected chi connectivity index (χ3v) is 4.37. The summed E-state index contributed by atoms with van der Waals surface area (Å²) in [4.78, 5) is 2.61. The summed E-state index contributed by atoms with van der Waals surface area (Å²) in [5, 5.41) is 3.57. The highest BCUT2D eigenvalue weighted by Gasteiger charge is 2.20. The Bertz CT molecular complexity index is 425. The molecule has 1 atom stereocenters. The molecule has 0 radical (unpaired) electrons. The Labute approximate surface area is 124 Å². The van der Waals surface area contributed by atoms with E-state index in [9.17, 15) is 0 Å². The fourth-order valence-corrected chi connectivity index (χ4v) is 3.10. The molecule has 1 N–H and O–H groups in total. The van der Waals surface area contributed by atoms with Gasteiger partial charge in [0.1, 0.15) is 0 Å². The van der Waals surface area contributed by atoms with Gasteiger partial charge in [-0.05, 0) is 37.3 Å². The Morgan fingerprint density at radius 1 is 1.35 bits per heavy atom. The van der Waals surface area contributed by atoms with E-state index in [1.807, 2.05) is 0 Å². The largest absolute Gasteiger partial charge is 0.371 e. The van der Waals surface area contributed by atoms with E-state index in [4.69, 9.17) is 0 Å². The summed E-state index contributed by atoms with van der Waals surface area (Å²) in [7, 11) is 0. The molecular formula is C18H30N2. The van der Waals surface area contributed by atoms with Crippen molar-refractivity contribution in [1.29, 1.82) is 0 Å². The van der Waals surface area contributed by atoms with Crippen LogP contribution in [-0.4, -0.2) is 19.1 Å². The number of anilines is 1. The van der Waals surface area contributed by atoms with Crippen LogP contribution in [0.4, 0.5) is 5.69 Å². The summed E-state index contributed by atoms with van der Waals surface area (Å²) >= 11 is 0. The third kappa shape index (κ3) is 3.99. The molecule has 112 valence electrons. The molecule has 0 saturated carbocycles. The topological polar surface area (TPSA) is 15.3 Å². The fourth-order valence-electron chi connectivity index (χ4n) is 3.10. The molecule has 2 rings (SSSR count). The van der Waals surface area contributed by atoms with Crippen molar-refractivity contribution in [3.05, 3.63) is 29.3 Å². The highest BCUT2D eigenvalue weighted by Crippen LogP contribution is 2.28. The summed E-state index contributed by atoms with van der Waals surface area (Å²) in [6, 6.07) is 7.46. The number of hydrogen-bond donors (Lipinski definition) is 1. The second-order valence-corrected chi connectivity index (χ2v) is 6.53. The molecule has 0 spiro atoms. The highest BCUT2D eigenvalue weighted by molar-refractivity contribution is 5.55. The maximum Gasteiger partial charge on any atom is 0.0412 e. The van der Waals surface area contributed by atoms with Crippen LogP contribution >= 0.6 is 0 Å². The van der Waals surface area contributed by atoms with E-state index in [0.29, 0.717) is 6.04 Å². The van der Waals surface area contributed by atoms with Crippen molar-refractivity contribution in [2.75, 3.05) is 18.0 Å². The molecule has 2 heteroatoms. The van der Waals surface area contributed by atoms with E-state index in [1.54, 1.807) is 0 Å². The molecule has 0 amide bonds. The molecule has 0 bridgehead atoms. The summed E-state index contributed by atoms with van der Waals surface area (Å²) in [6.45, 7) is 12.4. The van der Waals surface area contributed by atoms with Crippen molar-refractivity contribution < 1.29 is 0 Å². The van der Waals surface area contributed by atoms with E-state index < -0.39 is 0 Å². The summed E-state index contributed by atoms with van der Waals surface area (Å²) in [5.74, 6) is 0.871. The van der Waals surface area contributed by atoms with Crippen molar-refractivity contribution in [2.24, 2.45) is 5.92 Å². The van der Waals surface area contributed by atoms with Crippen molar-refractivity contribution in [1.82, 2.24) is 5.32 Å². The summed E-state index contributed by atoms with van der Waals surface area (Å²) < 4.78 is 0. The van der Waals surface area contributed by atoms with Crippen LogP contribution in [0.15, 0.2) is 18.2 Å². The van der Waals surface area contributed by atoms with Crippen molar-refractivity contribution >= 4 is 5.69 Å². The predicted molar refractivity (Wildman–Crippen MR) is 88.4 cm³/mol. The number of nitrogens with zero attached hydrogens (tertiary/aromatic N) is 1. The zero-order valence-corrected chi connectivity index (χ0v) is 13.6. The molecule has 1 heterocycles. The molecule has 20 heavy (non-hydrogen) atoms. The lowest BCUT2D eigenvalue weighted by Gasteiger charge is -2.35. The molecule has 1 aromatic rings. The van der Waals surface area contributed by atoms with Gasteiger partial charge in [-0.1, -0.05) is 44.9 Å². The van der Waals surface area contributed by atoms with Gasteiger partial charge in [-0.2, -0.15) is 0 Å². The molecular weight excluding hydrogens is 244 g/mol. The van der Waals surface area contributed by atoms with E-state index in [1.165, 1.54) is 49.2 Å². The van der Waals surface area contributed by atoms with Gasteiger partial charge in [0.25, 0.3) is 0 Å². The molecule has 0 aromatic heterocycles. The Morgan fingerprint density at radius 2 is 2.15 bits per heavy atom. The number of rotatable bonds is 5. The molecule has 1 unspecified atom stereocenters. The smallest absolute Gasteiger partial charge is 0.0412 e. The van der Waals surface area contributed by atoms with Gasteiger partial charge in [0.2, 0.25) is 0 Å². The first kappa shape index (κ1) is 15.4. The molecule has 1 aliphatic heterocycles. The lowest BCUT2D eigenvalue weighted by molar-refractivity contribution is 0.404. The maximum atomic E-state index is 3.57. The minimum Gasteiger partial charge on any atom is -0.371 e. The van der Waals surface area contributed by atoms with Crippen LogP contribution < -0.4 is 10.2 Å². The Kier molecular flexibility index (Phi) is 5.47. The summed E-state index contributed by atoms with van der Waals surface area (Å²) in [6.07, 6.45) is 4.05. The fraction of sp³-hybridized carbons (Fsp3) is 0.667. The molecule has 1 saturated heterocycles. The van der Waals surface area contributed by atoms with Gasteiger partial charge < -0.3 is 10.2 Å². The first-order valence-corrected chi connectivity index (χ1v) is 8.18. The Morgan fingerprint density at radius 3 is 2.85 bits per heavy atom. The molecule has 1 aliphatic rings. The standard InChI is InChI=1S/C18H30N2/c1-5-16-7-6-10-20(13-16)18-9-8-15(4)11-17(18)12-19-14(2)3/h8-9,11,14,16,19H,5-7,10,12-13H2,1-4H3. The highest BCUT2D eigenvalue weighted by atomic mass is 15.1. The number of benzene rings is 1. The first-order chi connectivity index (χ1) is 9.60. The van der Waals surface area contributed by atoms with E-state index in [-0.39, 0.29) is 0 Å². The SMILES string of the molecule is CCC1CCCN(c2ccc(C)cc2CNC(C)C)C1. The van der Waals surface area contributed by atoms with Crippen LogP contribution in [0.2, 0.25) is 0 Å². The van der Waals surface area contributed by atoms with Gasteiger partial charge in [0.15, 0.2) is 0 Å². The second-order valence-electron chi connectivity index (χ2n) is 6.53. The number of nitrogens with one attached hydrogen (secondary N) is 1. The van der Waals surface area contributed by atoms with Crippen LogP contribution in [0.3, 0.4) is 0 Å². The van der Waals surface area contributed by atoms with Crippen LogP contribution in [0.5, 0.6) is 0 Å². The van der Waals surface area contributed by atoms with Gasteiger partial charge >= 0.3 is 0 Å². The molecule has 2 nitrogen and oxygen atoms in total. The van der Waals surface area contributed by atoms with E-state index in [0.717, 1.165) is 12.5 Å².